The number of benzene rings is 1. The number of aryl methyl sites for hydroxylation is 2. The second-order valence-electron chi connectivity index (χ2n) is 4.74. The number of hydrogen-bond donors (Lipinski definition) is 2. The van der Waals surface area contributed by atoms with Crippen LogP contribution in [0.5, 0.6) is 0 Å². The summed E-state index contributed by atoms with van der Waals surface area (Å²) < 4.78 is 1.56. The number of nitrogens with one attached hydrogen (secondary N) is 1. The molecule has 1 aromatic heterocycles. The summed E-state index contributed by atoms with van der Waals surface area (Å²) in [5, 5.41) is 19.3. The largest absolute Gasteiger partial charge is 0.478 e. The molecule has 1 heterocycles. The third-order valence-electron chi connectivity index (χ3n) is 3.22. The van der Waals surface area contributed by atoms with Crippen LogP contribution in [0.4, 0.5) is 5.69 Å². The summed E-state index contributed by atoms with van der Waals surface area (Å²) in [5.41, 5.74) is 2.20. The van der Waals surface area contributed by atoms with E-state index in [0.29, 0.717) is 17.8 Å². The van der Waals surface area contributed by atoms with Crippen molar-refractivity contribution in [1.29, 1.82) is 0 Å². The molecule has 7 heteroatoms. The number of amides is 1. The number of anilines is 1. The maximum atomic E-state index is 11.9. The molecule has 0 aliphatic rings. The van der Waals surface area contributed by atoms with E-state index in [0.717, 1.165) is 5.56 Å². The Morgan fingerprint density at radius 1 is 1.33 bits per heavy atom. The number of nitrogens with zero attached hydrogens (tertiary/aromatic N) is 3. The Labute approximate surface area is 121 Å². The maximum Gasteiger partial charge on any atom is 0.336 e. The van der Waals surface area contributed by atoms with Gasteiger partial charge in [0, 0.05) is 18.3 Å². The molecule has 7 nitrogen and oxygen atoms in total. The zero-order valence-electron chi connectivity index (χ0n) is 11.8. The highest BCUT2D eigenvalue weighted by Crippen LogP contribution is 2.20. The lowest BCUT2D eigenvalue weighted by molar-refractivity contribution is -0.116. The maximum absolute atomic E-state index is 11.9. The van der Waals surface area contributed by atoms with Crippen LogP contribution in [0.2, 0.25) is 0 Å². The summed E-state index contributed by atoms with van der Waals surface area (Å²) in [6.45, 7) is 3.98. The molecule has 0 fully saturated rings. The van der Waals surface area contributed by atoms with E-state index in [1.54, 1.807) is 30.1 Å². The number of aromatic nitrogens is 3. The minimum atomic E-state index is -1.01. The van der Waals surface area contributed by atoms with E-state index in [-0.39, 0.29) is 17.9 Å². The Morgan fingerprint density at radius 2 is 2.10 bits per heavy atom. The average molecular weight is 288 g/mol. The van der Waals surface area contributed by atoms with E-state index in [4.69, 9.17) is 5.11 Å². The molecule has 21 heavy (non-hydrogen) atoms. The van der Waals surface area contributed by atoms with E-state index in [1.165, 1.54) is 6.07 Å². The van der Waals surface area contributed by atoms with E-state index >= 15 is 0 Å². The minimum absolute atomic E-state index is 0.196. The van der Waals surface area contributed by atoms with Crippen LogP contribution in [-0.2, 0) is 11.3 Å². The molecule has 110 valence electrons. The lowest BCUT2D eigenvalue weighted by atomic mass is 10.0. The third kappa shape index (κ3) is 3.65. The first-order valence-electron chi connectivity index (χ1n) is 6.46. The molecular formula is C14H16N4O3. The van der Waals surface area contributed by atoms with Crippen molar-refractivity contribution in [1.82, 2.24) is 15.0 Å². The molecule has 0 aliphatic carbocycles. The molecule has 0 bridgehead atoms. The number of carbonyl (C=O) groups excluding carboxylic acids is 1. The van der Waals surface area contributed by atoms with Gasteiger partial charge in [-0.2, -0.15) is 0 Å². The first kappa shape index (κ1) is 14.7. The highest BCUT2D eigenvalue weighted by molar-refractivity contribution is 5.95. The Bertz CT molecular complexity index is 665. The van der Waals surface area contributed by atoms with Crippen molar-refractivity contribution in [2.75, 3.05) is 5.32 Å². The predicted molar refractivity (Wildman–Crippen MR) is 76.1 cm³/mol. The summed E-state index contributed by atoms with van der Waals surface area (Å²) in [5.74, 6) is -1.21. The fourth-order valence-electron chi connectivity index (χ4n) is 1.95. The van der Waals surface area contributed by atoms with Gasteiger partial charge in [0.15, 0.2) is 0 Å². The Balaban J connectivity index is 2.05. The molecule has 0 saturated carbocycles. The van der Waals surface area contributed by atoms with E-state index in [9.17, 15) is 9.59 Å². The molecule has 0 spiro atoms. The fourth-order valence-corrected chi connectivity index (χ4v) is 1.95. The normalized spacial score (nSPS) is 10.4. The molecule has 1 amide bonds. The summed E-state index contributed by atoms with van der Waals surface area (Å²) in [4.78, 5) is 23.0. The highest BCUT2D eigenvalue weighted by Gasteiger charge is 2.12. The fraction of sp³-hybridized carbons (Fsp3) is 0.286. The molecule has 2 N–H and O–H groups in total. The van der Waals surface area contributed by atoms with Crippen molar-refractivity contribution in [3.63, 3.8) is 0 Å². The molecule has 0 atom stereocenters. The SMILES string of the molecule is Cc1cc(NC(=O)CCn2ccnn2)cc(C(=O)O)c1C. The van der Waals surface area contributed by atoms with Gasteiger partial charge in [0.2, 0.25) is 5.91 Å². The number of carboxylic acid groups (broad SMARTS) is 1. The van der Waals surface area contributed by atoms with Crippen molar-refractivity contribution in [3.05, 3.63) is 41.2 Å². The quantitative estimate of drug-likeness (QED) is 0.871. The summed E-state index contributed by atoms with van der Waals surface area (Å²) in [6, 6.07) is 3.23. The van der Waals surface area contributed by atoms with Gasteiger partial charge in [0.05, 0.1) is 18.3 Å². The van der Waals surface area contributed by atoms with Crippen LogP contribution in [0.1, 0.15) is 27.9 Å². The van der Waals surface area contributed by atoms with Gasteiger partial charge < -0.3 is 10.4 Å². The van der Waals surface area contributed by atoms with E-state index < -0.39 is 5.97 Å². The molecule has 0 aliphatic heterocycles. The van der Waals surface area contributed by atoms with Gasteiger partial charge in [-0.15, -0.1) is 5.10 Å². The van der Waals surface area contributed by atoms with Crippen LogP contribution in [0, 0.1) is 13.8 Å². The van der Waals surface area contributed by atoms with E-state index in [1.807, 2.05) is 6.92 Å². The van der Waals surface area contributed by atoms with Crippen LogP contribution >= 0.6 is 0 Å². The van der Waals surface area contributed by atoms with Gasteiger partial charge in [-0.3, -0.25) is 9.48 Å². The Hall–Kier alpha value is -2.70. The molecular weight excluding hydrogens is 272 g/mol. The highest BCUT2D eigenvalue weighted by atomic mass is 16.4. The van der Waals surface area contributed by atoms with Crippen LogP contribution < -0.4 is 5.32 Å². The monoisotopic (exact) mass is 288 g/mol. The van der Waals surface area contributed by atoms with Crippen molar-refractivity contribution < 1.29 is 14.7 Å². The zero-order chi connectivity index (χ0) is 15.4. The second-order valence-corrected chi connectivity index (χ2v) is 4.74. The van der Waals surface area contributed by atoms with Gasteiger partial charge in [-0.1, -0.05) is 5.21 Å². The molecule has 0 saturated heterocycles. The molecule has 0 unspecified atom stereocenters. The number of carbonyl (C=O) groups is 2. The van der Waals surface area contributed by atoms with Crippen LogP contribution in [0.15, 0.2) is 24.5 Å². The topological polar surface area (TPSA) is 97.1 Å². The van der Waals surface area contributed by atoms with Gasteiger partial charge in [-0.05, 0) is 37.1 Å². The Kier molecular flexibility index (Phi) is 4.32. The van der Waals surface area contributed by atoms with Gasteiger partial charge in [-0.25, -0.2) is 4.79 Å². The molecule has 1 aromatic carbocycles. The molecule has 2 rings (SSSR count). The van der Waals surface area contributed by atoms with Crippen LogP contribution in [-0.4, -0.2) is 32.0 Å². The van der Waals surface area contributed by atoms with Crippen LogP contribution in [0.3, 0.4) is 0 Å². The summed E-state index contributed by atoms with van der Waals surface area (Å²) in [6.07, 6.45) is 3.45. The Morgan fingerprint density at radius 3 is 2.71 bits per heavy atom. The first-order chi connectivity index (χ1) is 9.97. The number of aromatic carboxylic acids is 1. The van der Waals surface area contributed by atoms with Gasteiger partial charge in [0.25, 0.3) is 0 Å². The van der Waals surface area contributed by atoms with Crippen molar-refractivity contribution in [3.8, 4) is 0 Å². The minimum Gasteiger partial charge on any atom is -0.478 e. The average Bonchev–Trinajstić information content (AvgIpc) is 2.93. The zero-order valence-corrected chi connectivity index (χ0v) is 11.8. The standard InChI is InChI=1S/C14H16N4O3/c1-9-7-11(8-12(10(9)2)14(20)21)16-13(19)3-5-18-6-4-15-17-18/h4,6-8H,3,5H2,1-2H3,(H,16,19)(H,20,21). The second kappa shape index (κ2) is 6.17. The van der Waals surface area contributed by atoms with Gasteiger partial charge in [0.1, 0.15) is 0 Å². The van der Waals surface area contributed by atoms with Crippen molar-refractivity contribution in [2.45, 2.75) is 26.8 Å². The van der Waals surface area contributed by atoms with Crippen molar-refractivity contribution >= 4 is 17.6 Å². The molecule has 2 aromatic rings. The third-order valence-corrected chi connectivity index (χ3v) is 3.22. The number of carboxylic acids is 1. The number of rotatable bonds is 5. The summed E-state index contributed by atoms with van der Waals surface area (Å²) in [7, 11) is 0. The first-order valence-corrected chi connectivity index (χ1v) is 6.46. The van der Waals surface area contributed by atoms with Crippen molar-refractivity contribution in [2.24, 2.45) is 0 Å². The number of hydrogen-bond acceptors (Lipinski definition) is 4. The summed E-state index contributed by atoms with van der Waals surface area (Å²) >= 11 is 0. The smallest absolute Gasteiger partial charge is 0.336 e. The van der Waals surface area contributed by atoms with Gasteiger partial charge >= 0.3 is 5.97 Å². The molecule has 0 radical (unpaired) electrons. The lowest BCUT2D eigenvalue weighted by Gasteiger charge is -2.10. The lowest BCUT2D eigenvalue weighted by Crippen LogP contribution is -2.15. The van der Waals surface area contributed by atoms with Crippen LogP contribution in [0.25, 0.3) is 0 Å². The van der Waals surface area contributed by atoms with E-state index in [2.05, 4.69) is 15.6 Å². The predicted octanol–water partition coefficient (Wildman–Crippen LogP) is 1.62.